The lowest BCUT2D eigenvalue weighted by Gasteiger charge is -2.13. The summed E-state index contributed by atoms with van der Waals surface area (Å²) in [5, 5.41) is 6.42. The van der Waals surface area contributed by atoms with Crippen molar-refractivity contribution in [1.82, 2.24) is 9.97 Å². The van der Waals surface area contributed by atoms with Gasteiger partial charge in [-0.05, 0) is 48.0 Å². The van der Waals surface area contributed by atoms with E-state index in [1.165, 1.54) is 0 Å². The van der Waals surface area contributed by atoms with E-state index in [0.717, 1.165) is 27.4 Å². The molecule has 5 aromatic rings. The lowest BCUT2D eigenvalue weighted by molar-refractivity contribution is -0.115. The molecule has 0 atom stereocenters. The molecule has 0 saturated carbocycles. The number of benzene rings is 3. The third kappa shape index (κ3) is 5.74. The Bertz CT molecular complexity index is 1440. The van der Waals surface area contributed by atoms with Gasteiger partial charge >= 0.3 is 0 Å². The molecule has 5 rings (SSSR count). The fourth-order valence-corrected chi connectivity index (χ4v) is 4.52. The molecule has 0 aliphatic rings. The summed E-state index contributed by atoms with van der Waals surface area (Å²) in [5.74, 6) is 1.04. The van der Waals surface area contributed by atoms with E-state index in [9.17, 15) is 4.79 Å². The Morgan fingerprint density at radius 1 is 0.914 bits per heavy atom. The summed E-state index contributed by atoms with van der Waals surface area (Å²) in [6.07, 6.45) is 3.74. The number of pyridine rings is 1. The van der Waals surface area contributed by atoms with Gasteiger partial charge in [-0.2, -0.15) is 0 Å². The summed E-state index contributed by atoms with van der Waals surface area (Å²) in [5.41, 5.74) is 4.36. The molecule has 7 heteroatoms. The molecule has 0 aliphatic carbocycles. The van der Waals surface area contributed by atoms with E-state index in [4.69, 9.17) is 21.3 Å². The minimum Gasteiger partial charge on any atom is -0.455 e. The van der Waals surface area contributed by atoms with Gasteiger partial charge < -0.3 is 10.1 Å². The van der Waals surface area contributed by atoms with E-state index in [1.54, 1.807) is 41.9 Å². The molecule has 0 saturated heterocycles. The topological polar surface area (TPSA) is 64.1 Å². The molecule has 35 heavy (non-hydrogen) atoms. The van der Waals surface area contributed by atoms with Crippen LogP contribution in [0.5, 0.6) is 11.5 Å². The van der Waals surface area contributed by atoms with Crippen molar-refractivity contribution in [2.45, 2.75) is 6.42 Å². The number of amides is 1. The molecule has 0 unspecified atom stereocenters. The molecule has 1 N–H and O–H groups in total. The quantitative estimate of drug-likeness (QED) is 0.253. The zero-order valence-electron chi connectivity index (χ0n) is 18.5. The number of ether oxygens (including phenoxy) is 1. The number of rotatable bonds is 7. The molecule has 2 aromatic heterocycles. The van der Waals surface area contributed by atoms with Gasteiger partial charge in [0.2, 0.25) is 5.91 Å². The fourth-order valence-electron chi connectivity index (χ4n) is 3.51. The summed E-state index contributed by atoms with van der Waals surface area (Å²) >= 11 is 7.76. The van der Waals surface area contributed by atoms with Gasteiger partial charge in [-0.3, -0.25) is 9.78 Å². The highest BCUT2D eigenvalue weighted by Gasteiger charge is 2.12. The number of thiazole rings is 1. The summed E-state index contributed by atoms with van der Waals surface area (Å²) in [6, 6.07) is 26.3. The highest BCUT2D eigenvalue weighted by molar-refractivity contribution is 7.13. The van der Waals surface area contributed by atoms with Crippen LogP contribution in [-0.4, -0.2) is 15.9 Å². The number of hydrogen-bond donors (Lipinski definition) is 1. The Kier molecular flexibility index (Phi) is 6.84. The van der Waals surface area contributed by atoms with Crippen LogP contribution in [0, 0.1) is 0 Å². The summed E-state index contributed by atoms with van der Waals surface area (Å²) in [6.45, 7) is 0. The van der Waals surface area contributed by atoms with Crippen molar-refractivity contribution >= 4 is 34.5 Å². The minimum atomic E-state index is -0.161. The first-order chi connectivity index (χ1) is 17.1. The number of anilines is 1. The van der Waals surface area contributed by atoms with Crippen molar-refractivity contribution < 1.29 is 9.53 Å². The zero-order chi connectivity index (χ0) is 24.0. The molecular formula is C28H20ClN3O2S. The minimum absolute atomic E-state index is 0.161. The molecule has 2 heterocycles. The van der Waals surface area contributed by atoms with E-state index < -0.39 is 0 Å². The summed E-state index contributed by atoms with van der Waals surface area (Å²) in [7, 11) is 0. The Morgan fingerprint density at radius 3 is 2.46 bits per heavy atom. The second-order valence-corrected chi connectivity index (χ2v) is 9.05. The highest BCUT2D eigenvalue weighted by Crippen LogP contribution is 2.32. The van der Waals surface area contributed by atoms with Gasteiger partial charge in [0.25, 0.3) is 0 Å². The summed E-state index contributed by atoms with van der Waals surface area (Å²) in [4.78, 5) is 21.6. The maximum Gasteiger partial charge on any atom is 0.228 e. The van der Waals surface area contributed by atoms with Gasteiger partial charge in [0.1, 0.15) is 10.8 Å². The molecular weight excluding hydrogens is 478 g/mol. The van der Waals surface area contributed by atoms with Gasteiger partial charge in [-0.15, -0.1) is 11.3 Å². The SMILES string of the molecule is O=C(Cc1ccc(-c2csc(-c3ccncc3)n2)cc1)Nc1cc(Cl)ccc1Oc1ccccc1. The van der Waals surface area contributed by atoms with Crippen LogP contribution in [-0.2, 0) is 11.2 Å². The van der Waals surface area contributed by atoms with Crippen molar-refractivity contribution in [3.8, 4) is 33.3 Å². The molecule has 3 aromatic carbocycles. The molecule has 172 valence electrons. The smallest absolute Gasteiger partial charge is 0.228 e. The maximum atomic E-state index is 12.8. The maximum absolute atomic E-state index is 12.8. The van der Waals surface area contributed by atoms with Crippen LogP contribution in [0.1, 0.15) is 5.56 Å². The first-order valence-corrected chi connectivity index (χ1v) is 12.2. The van der Waals surface area contributed by atoms with Gasteiger partial charge in [0, 0.05) is 33.9 Å². The second-order valence-electron chi connectivity index (χ2n) is 7.75. The number of aromatic nitrogens is 2. The normalized spacial score (nSPS) is 10.7. The fraction of sp³-hybridized carbons (Fsp3) is 0.0357. The predicted octanol–water partition coefficient (Wildman–Crippen LogP) is 7.50. The monoisotopic (exact) mass is 497 g/mol. The average Bonchev–Trinajstić information content (AvgIpc) is 3.38. The van der Waals surface area contributed by atoms with Crippen LogP contribution < -0.4 is 10.1 Å². The van der Waals surface area contributed by atoms with E-state index in [2.05, 4.69) is 10.3 Å². The molecule has 0 spiro atoms. The van der Waals surface area contributed by atoms with Gasteiger partial charge in [-0.25, -0.2) is 4.98 Å². The molecule has 0 aliphatic heterocycles. The molecule has 0 bridgehead atoms. The third-order valence-electron chi connectivity index (χ3n) is 5.23. The number of para-hydroxylation sites is 1. The van der Waals surface area contributed by atoms with Crippen LogP contribution in [0.25, 0.3) is 21.8 Å². The van der Waals surface area contributed by atoms with Crippen LogP contribution >= 0.6 is 22.9 Å². The van der Waals surface area contributed by atoms with Crippen LogP contribution in [0.15, 0.2) is 103 Å². The summed E-state index contributed by atoms with van der Waals surface area (Å²) < 4.78 is 5.93. The van der Waals surface area contributed by atoms with Gasteiger partial charge in [0.15, 0.2) is 5.75 Å². The van der Waals surface area contributed by atoms with E-state index in [0.29, 0.717) is 22.2 Å². The Hall–Kier alpha value is -4.00. The third-order valence-corrected chi connectivity index (χ3v) is 6.36. The van der Waals surface area contributed by atoms with Crippen molar-refractivity contribution in [3.63, 3.8) is 0 Å². The second kappa shape index (κ2) is 10.5. The largest absolute Gasteiger partial charge is 0.455 e. The zero-order valence-corrected chi connectivity index (χ0v) is 20.1. The Morgan fingerprint density at radius 2 is 1.69 bits per heavy atom. The highest BCUT2D eigenvalue weighted by atomic mass is 35.5. The number of hydrogen-bond acceptors (Lipinski definition) is 5. The van der Waals surface area contributed by atoms with Gasteiger partial charge in [0.05, 0.1) is 17.8 Å². The number of nitrogens with zero attached hydrogens (tertiary/aromatic N) is 2. The first-order valence-electron chi connectivity index (χ1n) is 10.9. The van der Waals surface area contributed by atoms with Crippen molar-refractivity contribution in [2.75, 3.05) is 5.32 Å². The predicted molar refractivity (Wildman–Crippen MR) is 141 cm³/mol. The van der Waals surface area contributed by atoms with E-state index in [1.807, 2.05) is 72.1 Å². The lowest BCUT2D eigenvalue weighted by atomic mass is 10.1. The van der Waals surface area contributed by atoms with Gasteiger partial charge in [-0.1, -0.05) is 54.1 Å². The van der Waals surface area contributed by atoms with Crippen molar-refractivity contribution in [2.24, 2.45) is 0 Å². The molecule has 0 fully saturated rings. The van der Waals surface area contributed by atoms with E-state index >= 15 is 0 Å². The van der Waals surface area contributed by atoms with Crippen molar-refractivity contribution in [3.05, 3.63) is 113 Å². The van der Waals surface area contributed by atoms with Crippen LogP contribution in [0.4, 0.5) is 5.69 Å². The molecule has 0 radical (unpaired) electrons. The first kappa shape index (κ1) is 22.8. The number of halogens is 1. The standard InChI is InChI=1S/C28H20ClN3O2S/c29-22-10-11-26(34-23-4-2-1-3-5-23)24(17-22)31-27(33)16-19-6-8-20(9-7-19)25-18-35-28(32-25)21-12-14-30-15-13-21/h1-15,17-18H,16H2,(H,31,33). The Balaban J connectivity index is 1.26. The van der Waals surface area contributed by atoms with Crippen LogP contribution in [0.3, 0.4) is 0 Å². The number of nitrogens with one attached hydrogen (secondary N) is 1. The average molecular weight is 498 g/mol. The van der Waals surface area contributed by atoms with Crippen LogP contribution in [0.2, 0.25) is 5.02 Å². The lowest BCUT2D eigenvalue weighted by Crippen LogP contribution is -2.15. The number of carbonyl (C=O) groups is 1. The van der Waals surface area contributed by atoms with Crippen molar-refractivity contribution in [1.29, 1.82) is 0 Å². The Labute approximate surface area is 212 Å². The van der Waals surface area contributed by atoms with E-state index in [-0.39, 0.29) is 12.3 Å². The molecule has 5 nitrogen and oxygen atoms in total. The molecule has 1 amide bonds. The number of carbonyl (C=O) groups excluding carboxylic acids is 1.